The van der Waals surface area contributed by atoms with Crippen LogP contribution in [0.3, 0.4) is 0 Å². The first-order valence-electron chi connectivity index (χ1n) is 7.81. The number of aliphatic imine (C=N–C) groups is 1. The predicted octanol–water partition coefficient (Wildman–Crippen LogP) is 2.91. The summed E-state index contributed by atoms with van der Waals surface area (Å²) in [6, 6.07) is 10.4. The lowest BCUT2D eigenvalue weighted by molar-refractivity contribution is 0.769. The van der Waals surface area contributed by atoms with Crippen LogP contribution < -0.4 is 15.5 Å². The zero-order chi connectivity index (χ0) is 16.5. The van der Waals surface area contributed by atoms with Crippen molar-refractivity contribution in [3.05, 3.63) is 46.4 Å². The Bertz CT molecular complexity index is 614. The summed E-state index contributed by atoms with van der Waals surface area (Å²) < 4.78 is 0. The molecule has 0 atom stereocenters. The Morgan fingerprint density at radius 1 is 1.21 bits per heavy atom. The van der Waals surface area contributed by atoms with Crippen molar-refractivity contribution in [3.63, 3.8) is 0 Å². The Labute approximate surface area is 165 Å². The van der Waals surface area contributed by atoms with Crippen molar-refractivity contribution in [2.75, 3.05) is 38.6 Å². The minimum absolute atomic E-state index is 0. The van der Waals surface area contributed by atoms with E-state index < -0.39 is 0 Å². The molecule has 0 aliphatic heterocycles. The fraction of sp³-hybridized carbons (Fsp3) is 0.412. The molecule has 0 amide bonds. The average Bonchev–Trinajstić information content (AvgIpc) is 2.99. The van der Waals surface area contributed by atoms with Crippen LogP contribution in [-0.2, 0) is 6.42 Å². The monoisotopic (exact) mass is 459 g/mol. The first-order chi connectivity index (χ1) is 11.2. The molecule has 0 aliphatic rings. The molecule has 1 aromatic heterocycles. The van der Waals surface area contributed by atoms with Crippen LogP contribution in [0.25, 0.3) is 0 Å². The number of nitrogens with one attached hydrogen (secondary N) is 2. The summed E-state index contributed by atoms with van der Waals surface area (Å²) in [6.07, 6.45) is 2.84. The van der Waals surface area contributed by atoms with Gasteiger partial charge in [-0.25, -0.2) is 4.98 Å². The number of likely N-dealkylation sites (N-methyl/N-ethyl adjacent to an activating group) is 1. The van der Waals surface area contributed by atoms with E-state index >= 15 is 0 Å². The molecule has 2 rings (SSSR count). The third-order valence-electron chi connectivity index (χ3n) is 3.46. The highest BCUT2D eigenvalue weighted by atomic mass is 127. The van der Waals surface area contributed by atoms with Crippen molar-refractivity contribution < 1.29 is 0 Å². The van der Waals surface area contributed by atoms with Gasteiger partial charge in [0.1, 0.15) is 0 Å². The van der Waals surface area contributed by atoms with Crippen molar-refractivity contribution >= 4 is 47.0 Å². The molecule has 0 spiro atoms. The highest BCUT2D eigenvalue weighted by molar-refractivity contribution is 14.0. The van der Waals surface area contributed by atoms with Gasteiger partial charge in [-0.15, -0.1) is 35.3 Å². The SMILES string of the molecule is CN=C(NCCc1ncc(C)s1)NCCN(C)c1ccccc1.I. The number of aromatic nitrogens is 1. The molecule has 0 unspecified atom stereocenters. The summed E-state index contributed by atoms with van der Waals surface area (Å²) in [4.78, 5) is 12.1. The normalized spacial score (nSPS) is 10.9. The van der Waals surface area contributed by atoms with E-state index in [9.17, 15) is 0 Å². The summed E-state index contributed by atoms with van der Waals surface area (Å²) in [5, 5.41) is 7.83. The van der Waals surface area contributed by atoms with Gasteiger partial charge in [0.05, 0.1) is 5.01 Å². The topological polar surface area (TPSA) is 52.6 Å². The minimum Gasteiger partial charge on any atom is -0.373 e. The van der Waals surface area contributed by atoms with Crippen LogP contribution in [0.2, 0.25) is 0 Å². The molecule has 1 heterocycles. The molecule has 0 fully saturated rings. The van der Waals surface area contributed by atoms with E-state index in [1.54, 1.807) is 18.4 Å². The van der Waals surface area contributed by atoms with E-state index in [4.69, 9.17) is 0 Å². The number of thiazole rings is 1. The zero-order valence-electron chi connectivity index (χ0n) is 14.5. The first-order valence-corrected chi connectivity index (χ1v) is 8.62. The maximum Gasteiger partial charge on any atom is 0.191 e. The third-order valence-corrected chi connectivity index (χ3v) is 4.43. The molecule has 0 aliphatic carbocycles. The van der Waals surface area contributed by atoms with E-state index in [2.05, 4.69) is 63.7 Å². The quantitative estimate of drug-likeness (QED) is 0.380. The second kappa shape index (κ2) is 11.2. The Morgan fingerprint density at radius 2 is 1.92 bits per heavy atom. The molecule has 0 saturated heterocycles. The number of para-hydroxylation sites is 1. The van der Waals surface area contributed by atoms with Gasteiger partial charge in [-0.1, -0.05) is 18.2 Å². The van der Waals surface area contributed by atoms with Gasteiger partial charge >= 0.3 is 0 Å². The number of hydrogen-bond donors (Lipinski definition) is 2. The number of benzene rings is 1. The van der Waals surface area contributed by atoms with Gasteiger partial charge in [-0.2, -0.15) is 0 Å². The fourth-order valence-corrected chi connectivity index (χ4v) is 2.97. The van der Waals surface area contributed by atoms with Crippen molar-refractivity contribution in [2.45, 2.75) is 13.3 Å². The summed E-state index contributed by atoms with van der Waals surface area (Å²) in [5.74, 6) is 0.833. The Balaban J connectivity index is 0.00000288. The molecule has 5 nitrogen and oxygen atoms in total. The van der Waals surface area contributed by atoms with Crippen LogP contribution in [0, 0.1) is 6.92 Å². The largest absolute Gasteiger partial charge is 0.373 e. The standard InChI is InChI=1S/C17H25N5S.HI/c1-14-13-21-16(23-14)9-10-19-17(18-2)20-11-12-22(3)15-7-5-4-6-8-15;/h4-8,13H,9-12H2,1-3H3,(H2,18,19,20);1H. The van der Waals surface area contributed by atoms with Crippen molar-refractivity contribution in [1.82, 2.24) is 15.6 Å². The molecule has 1 aromatic carbocycles. The first kappa shape index (κ1) is 20.7. The lowest BCUT2D eigenvalue weighted by Crippen LogP contribution is -2.41. The molecule has 7 heteroatoms. The summed E-state index contributed by atoms with van der Waals surface area (Å²) >= 11 is 1.75. The Morgan fingerprint density at radius 3 is 2.54 bits per heavy atom. The van der Waals surface area contributed by atoms with Gasteiger partial charge < -0.3 is 15.5 Å². The fourth-order valence-electron chi connectivity index (χ4n) is 2.18. The molecular weight excluding hydrogens is 433 g/mol. The molecule has 0 radical (unpaired) electrons. The van der Waals surface area contributed by atoms with E-state index in [1.807, 2.05) is 12.3 Å². The minimum atomic E-state index is 0. The third kappa shape index (κ3) is 7.04. The van der Waals surface area contributed by atoms with Crippen LogP contribution in [0.1, 0.15) is 9.88 Å². The van der Waals surface area contributed by atoms with Gasteiger partial charge in [-0.3, -0.25) is 4.99 Å². The molecule has 0 bridgehead atoms. The van der Waals surface area contributed by atoms with Crippen LogP contribution in [0.4, 0.5) is 5.69 Å². The van der Waals surface area contributed by atoms with E-state index in [-0.39, 0.29) is 24.0 Å². The number of anilines is 1. The number of guanidine groups is 1. The summed E-state index contributed by atoms with van der Waals surface area (Å²) in [7, 11) is 3.89. The average molecular weight is 459 g/mol. The zero-order valence-corrected chi connectivity index (χ0v) is 17.6. The van der Waals surface area contributed by atoms with Crippen LogP contribution in [0.5, 0.6) is 0 Å². The predicted molar refractivity (Wildman–Crippen MR) is 115 cm³/mol. The lowest BCUT2D eigenvalue weighted by atomic mass is 10.3. The number of aryl methyl sites for hydroxylation is 1. The maximum atomic E-state index is 4.37. The molecule has 0 saturated carbocycles. The molecule has 2 N–H and O–H groups in total. The maximum absolute atomic E-state index is 4.37. The van der Waals surface area contributed by atoms with Crippen LogP contribution in [-0.4, -0.2) is 44.7 Å². The highest BCUT2D eigenvalue weighted by Crippen LogP contribution is 2.11. The second-order valence-corrected chi connectivity index (χ2v) is 6.62. The van der Waals surface area contributed by atoms with Gasteiger partial charge in [0.2, 0.25) is 0 Å². The molecule has 132 valence electrons. The van der Waals surface area contributed by atoms with Crippen molar-refractivity contribution in [2.24, 2.45) is 4.99 Å². The van der Waals surface area contributed by atoms with Crippen LogP contribution in [0.15, 0.2) is 41.5 Å². The van der Waals surface area contributed by atoms with Crippen molar-refractivity contribution in [3.8, 4) is 0 Å². The van der Waals surface area contributed by atoms with E-state index in [0.29, 0.717) is 0 Å². The lowest BCUT2D eigenvalue weighted by Gasteiger charge is -2.20. The van der Waals surface area contributed by atoms with E-state index in [0.717, 1.165) is 37.0 Å². The highest BCUT2D eigenvalue weighted by Gasteiger charge is 2.02. The number of rotatable bonds is 7. The smallest absolute Gasteiger partial charge is 0.191 e. The summed E-state index contributed by atoms with van der Waals surface area (Å²) in [5.41, 5.74) is 1.22. The van der Waals surface area contributed by atoms with Gasteiger partial charge in [0.15, 0.2) is 5.96 Å². The number of hydrogen-bond acceptors (Lipinski definition) is 4. The van der Waals surface area contributed by atoms with E-state index in [1.165, 1.54) is 10.6 Å². The molecular formula is C17H26IN5S. The molecule has 24 heavy (non-hydrogen) atoms. The summed E-state index contributed by atoms with van der Waals surface area (Å²) in [6.45, 7) is 4.66. The van der Waals surface area contributed by atoms with Crippen LogP contribution >= 0.6 is 35.3 Å². The van der Waals surface area contributed by atoms with Gasteiger partial charge in [-0.05, 0) is 19.1 Å². The number of nitrogens with zero attached hydrogens (tertiary/aromatic N) is 3. The van der Waals surface area contributed by atoms with Crippen molar-refractivity contribution in [1.29, 1.82) is 0 Å². The number of halogens is 1. The Kier molecular flexibility index (Phi) is 9.70. The molecule has 2 aromatic rings. The van der Waals surface area contributed by atoms with Gasteiger partial charge in [0.25, 0.3) is 0 Å². The second-order valence-electron chi connectivity index (χ2n) is 5.30. The van der Waals surface area contributed by atoms with Gasteiger partial charge in [0, 0.05) is 56.9 Å². The Hall–Kier alpha value is -1.35.